The van der Waals surface area contributed by atoms with Crippen molar-refractivity contribution < 1.29 is 9.53 Å². The molecule has 1 atom stereocenters. The third kappa shape index (κ3) is 2.28. The van der Waals surface area contributed by atoms with Crippen molar-refractivity contribution >= 4 is 6.03 Å². The molecule has 0 saturated carbocycles. The van der Waals surface area contributed by atoms with Crippen LogP contribution in [0.2, 0.25) is 0 Å². The van der Waals surface area contributed by atoms with Gasteiger partial charge in [-0.2, -0.15) is 0 Å². The summed E-state index contributed by atoms with van der Waals surface area (Å²) in [5.74, 6) is 0.834. The first-order valence-corrected chi connectivity index (χ1v) is 7.24. The molecule has 5 heteroatoms. The molecule has 5 nitrogen and oxygen atoms in total. The number of amides is 2. The van der Waals surface area contributed by atoms with Crippen LogP contribution in [0.25, 0.3) is 0 Å². The molecule has 1 N–H and O–H groups in total. The minimum atomic E-state index is -0.221. The SMILES string of the molecule is CNC(=O)N(C)C1c2cccnc2COc2c(C)cccc21. The van der Waals surface area contributed by atoms with Crippen LogP contribution in [0.15, 0.2) is 36.5 Å². The van der Waals surface area contributed by atoms with Gasteiger partial charge in [0.15, 0.2) is 0 Å². The van der Waals surface area contributed by atoms with Gasteiger partial charge < -0.3 is 15.0 Å². The standard InChI is InChI=1S/C17H19N3O2/c1-11-6-4-7-13-15(20(3)17(21)18-2)12-8-5-9-19-14(12)10-22-16(11)13/h4-9,15H,10H2,1-3H3,(H,18,21). The molecule has 2 heterocycles. The number of aromatic nitrogens is 1. The van der Waals surface area contributed by atoms with E-state index < -0.39 is 0 Å². The second-order valence-corrected chi connectivity index (χ2v) is 5.39. The first kappa shape index (κ1) is 14.4. The lowest BCUT2D eigenvalue weighted by Gasteiger charge is -2.29. The van der Waals surface area contributed by atoms with Gasteiger partial charge >= 0.3 is 6.03 Å². The summed E-state index contributed by atoms with van der Waals surface area (Å²) in [4.78, 5) is 18.3. The van der Waals surface area contributed by atoms with Gasteiger partial charge in [0.05, 0.1) is 11.7 Å². The summed E-state index contributed by atoms with van der Waals surface area (Å²) < 4.78 is 5.98. The maximum atomic E-state index is 12.2. The normalized spacial score (nSPS) is 15.9. The molecule has 0 bridgehead atoms. The van der Waals surface area contributed by atoms with E-state index in [0.29, 0.717) is 6.61 Å². The molecule has 0 fully saturated rings. The van der Waals surface area contributed by atoms with Crippen molar-refractivity contribution in [1.29, 1.82) is 0 Å². The van der Waals surface area contributed by atoms with Crippen molar-refractivity contribution in [3.05, 3.63) is 58.9 Å². The third-order valence-corrected chi connectivity index (χ3v) is 4.03. The van der Waals surface area contributed by atoms with Crippen LogP contribution in [0, 0.1) is 6.92 Å². The van der Waals surface area contributed by atoms with E-state index in [1.165, 1.54) is 0 Å². The molecule has 0 saturated heterocycles. The number of carbonyl (C=O) groups excluding carboxylic acids is 1. The Bertz CT molecular complexity index is 715. The van der Waals surface area contributed by atoms with Crippen LogP contribution in [0.3, 0.4) is 0 Å². The molecule has 22 heavy (non-hydrogen) atoms. The Morgan fingerprint density at radius 3 is 2.86 bits per heavy atom. The predicted molar refractivity (Wildman–Crippen MR) is 83.8 cm³/mol. The number of ether oxygens (including phenoxy) is 1. The van der Waals surface area contributed by atoms with E-state index >= 15 is 0 Å². The highest BCUT2D eigenvalue weighted by molar-refractivity contribution is 5.75. The van der Waals surface area contributed by atoms with Gasteiger partial charge in [-0.25, -0.2) is 4.79 Å². The summed E-state index contributed by atoms with van der Waals surface area (Å²) in [5.41, 5.74) is 3.90. The number of carbonyl (C=O) groups is 1. The summed E-state index contributed by atoms with van der Waals surface area (Å²) in [6, 6.07) is 9.55. The number of rotatable bonds is 1. The van der Waals surface area contributed by atoms with Crippen LogP contribution in [-0.4, -0.2) is 30.0 Å². The predicted octanol–water partition coefficient (Wildman–Crippen LogP) is 2.64. The molecule has 114 valence electrons. The van der Waals surface area contributed by atoms with E-state index in [0.717, 1.165) is 28.1 Å². The third-order valence-electron chi connectivity index (χ3n) is 4.03. The molecule has 3 rings (SSSR count). The van der Waals surface area contributed by atoms with Crippen molar-refractivity contribution in [2.75, 3.05) is 14.1 Å². The Morgan fingerprint density at radius 1 is 1.32 bits per heavy atom. The number of urea groups is 1. The number of aryl methyl sites for hydroxylation is 1. The lowest BCUT2D eigenvalue weighted by Crippen LogP contribution is -2.38. The van der Waals surface area contributed by atoms with Crippen molar-refractivity contribution in [3.8, 4) is 5.75 Å². The van der Waals surface area contributed by atoms with Crippen LogP contribution in [0.1, 0.15) is 28.4 Å². The number of fused-ring (bicyclic) bond motifs is 2. The molecule has 0 aliphatic carbocycles. The highest BCUT2D eigenvalue weighted by Crippen LogP contribution is 2.39. The summed E-state index contributed by atoms with van der Waals surface area (Å²) >= 11 is 0. The van der Waals surface area contributed by atoms with Crippen molar-refractivity contribution in [2.45, 2.75) is 19.6 Å². The van der Waals surface area contributed by atoms with Crippen LogP contribution in [0.4, 0.5) is 4.79 Å². The number of hydrogen-bond acceptors (Lipinski definition) is 3. The fourth-order valence-electron chi connectivity index (χ4n) is 2.93. The van der Waals surface area contributed by atoms with Crippen LogP contribution in [-0.2, 0) is 6.61 Å². The summed E-state index contributed by atoms with van der Waals surface area (Å²) in [5, 5.41) is 2.68. The number of nitrogens with one attached hydrogen (secondary N) is 1. The zero-order valence-corrected chi connectivity index (χ0v) is 13.0. The van der Waals surface area contributed by atoms with Crippen molar-refractivity contribution in [3.63, 3.8) is 0 Å². The van der Waals surface area contributed by atoms with Gasteiger partial charge in [0.25, 0.3) is 0 Å². The second kappa shape index (κ2) is 5.67. The molecule has 2 aromatic rings. The Labute approximate surface area is 129 Å². The largest absolute Gasteiger partial charge is 0.487 e. The second-order valence-electron chi connectivity index (χ2n) is 5.39. The lowest BCUT2D eigenvalue weighted by molar-refractivity contribution is 0.200. The fourth-order valence-corrected chi connectivity index (χ4v) is 2.93. The van der Waals surface area contributed by atoms with Gasteiger partial charge in [-0.05, 0) is 18.6 Å². The van der Waals surface area contributed by atoms with E-state index in [1.54, 1.807) is 25.2 Å². The van der Waals surface area contributed by atoms with Crippen LogP contribution in [0.5, 0.6) is 5.75 Å². The highest BCUT2D eigenvalue weighted by Gasteiger charge is 2.31. The topological polar surface area (TPSA) is 54.5 Å². The van der Waals surface area contributed by atoms with E-state index in [4.69, 9.17) is 4.74 Å². The average molecular weight is 297 g/mol. The van der Waals surface area contributed by atoms with Crippen LogP contribution < -0.4 is 10.1 Å². The molecular formula is C17H19N3O2. The summed E-state index contributed by atoms with van der Waals surface area (Å²) in [6.07, 6.45) is 1.75. The monoisotopic (exact) mass is 297 g/mol. The lowest BCUT2D eigenvalue weighted by atomic mass is 9.95. The van der Waals surface area contributed by atoms with Crippen molar-refractivity contribution in [2.24, 2.45) is 0 Å². The van der Waals surface area contributed by atoms with E-state index in [1.807, 2.05) is 37.3 Å². The first-order valence-electron chi connectivity index (χ1n) is 7.24. The van der Waals surface area contributed by atoms with Crippen molar-refractivity contribution in [1.82, 2.24) is 15.2 Å². The van der Waals surface area contributed by atoms with E-state index in [-0.39, 0.29) is 12.1 Å². The summed E-state index contributed by atoms with van der Waals surface area (Å²) in [7, 11) is 3.42. The molecule has 2 amide bonds. The Hall–Kier alpha value is -2.56. The van der Waals surface area contributed by atoms with Gasteiger partial charge in [0.2, 0.25) is 0 Å². The van der Waals surface area contributed by atoms with Gasteiger partial charge in [0, 0.05) is 31.4 Å². The minimum absolute atomic E-state index is 0.144. The molecule has 1 aliphatic rings. The quantitative estimate of drug-likeness (QED) is 0.880. The van der Waals surface area contributed by atoms with E-state index in [2.05, 4.69) is 10.3 Å². The molecule has 0 spiro atoms. The Kier molecular flexibility index (Phi) is 3.71. The molecule has 1 aliphatic heterocycles. The number of para-hydroxylation sites is 1. The Balaban J connectivity index is 2.21. The average Bonchev–Trinajstić information content (AvgIpc) is 2.71. The molecular weight excluding hydrogens is 278 g/mol. The first-order chi connectivity index (χ1) is 10.6. The molecule has 1 aromatic heterocycles. The highest BCUT2D eigenvalue weighted by atomic mass is 16.5. The van der Waals surface area contributed by atoms with Gasteiger partial charge in [-0.3, -0.25) is 4.98 Å². The van der Waals surface area contributed by atoms with Crippen LogP contribution >= 0.6 is 0 Å². The maximum Gasteiger partial charge on any atom is 0.317 e. The Morgan fingerprint density at radius 2 is 2.09 bits per heavy atom. The van der Waals surface area contributed by atoms with Gasteiger partial charge in [-0.15, -0.1) is 0 Å². The number of benzene rings is 1. The number of nitrogens with zero attached hydrogens (tertiary/aromatic N) is 2. The molecule has 0 radical (unpaired) electrons. The van der Waals surface area contributed by atoms with Gasteiger partial charge in [-0.1, -0.05) is 24.3 Å². The zero-order chi connectivity index (χ0) is 15.7. The van der Waals surface area contributed by atoms with Gasteiger partial charge in [0.1, 0.15) is 12.4 Å². The minimum Gasteiger partial charge on any atom is -0.487 e. The number of pyridine rings is 1. The number of hydrogen-bond donors (Lipinski definition) is 1. The van der Waals surface area contributed by atoms with E-state index in [9.17, 15) is 4.79 Å². The molecule has 1 aromatic carbocycles. The smallest absolute Gasteiger partial charge is 0.317 e. The fraction of sp³-hybridized carbons (Fsp3) is 0.294. The summed E-state index contributed by atoms with van der Waals surface area (Å²) in [6.45, 7) is 2.42. The zero-order valence-electron chi connectivity index (χ0n) is 13.0. The molecule has 1 unspecified atom stereocenters. The maximum absolute atomic E-state index is 12.2.